The molecule has 2 aliphatic heterocycles. The van der Waals surface area contributed by atoms with Gasteiger partial charge in [0.1, 0.15) is 5.76 Å². The van der Waals surface area contributed by atoms with Gasteiger partial charge < -0.3 is 24.5 Å². The number of aliphatic imine (C=N–C) groups is 1. The summed E-state index contributed by atoms with van der Waals surface area (Å²) in [6, 6.07) is 3.93. The lowest BCUT2D eigenvalue weighted by Gasteiger charge is -2.23. The molecule has 2 atom stereocenters. The smallest absolute Gasteiger partial charge is 0.191 e. The molecule has 0 amide bonds. The molecule has 2 fully saturated rings. The van der Waals surface area contributed by atoms with E-state index in [4.69, 9.17) is 18.9 Å². The Labute approximate surface area is 179 Å². The van der Waals surface area contributed by atoms with Gasteiger partial charge in [-0.15, -0.1) is 24.0 Å². The van der Waals surface area contributed by atoms with Crippen LogP contribution in [0, 0.1) is 0 Å². The minimum atomic E-state index is 0. The molecular formula is C20H34IN3O3. The second kappa shape index (κ2) is 13.4. The molecule has 154 valence electrons. The van der Waals surface area contributed by atoms with Crippen molar-refractivity contribution >= 4 is 29.9 Å². The van der Waals surface area contributed by atoms with E-state index in [-0.39, 0.29) is 30.1 Å². The molecule has 0 aliphatic carbocycles. The molecule has 0 aromatic carbocycles. The standard InChI is InChI=1S/C20H33N3O3.HI/c1-3-13-24-17(6-1)9-11-21-20(22-12-10-18-8-5-15-25-18)23-16-19-7-2-4-14-26-19;/h5,8,15,17,19H,1-4,6-7,9-14,16H2,(H2,21,22,23);1H. The Kier molecular flexibility index (Phi) is 11.2. The number of guanidine groups is 1. The molecular weight excluding hydrogens is 457 g/mol. The topological polar surface area (TPSA) is 68.0 Å². The van der Waals surface area contributed by atoms with Crippen LogP contribution >= 0.6 is 24.0 Å². The van der Waals surface area contributed by atoms with Crippen LogP contribution in [0.25, 0.3) is 0 Å². The Morgan fingerprint density at radius 2 is 1.74 bits per heavy atom. The van der Waals surface area contributed by atoms with E-state index in [0.29, 0.717) is 6.10 Å². The minimum absolute atomic E-state index is 0. The normalized spacial score (nSPS) is 23.5. The highest BCUT2D eigenvalue weighted by atomic mass is 127. The van der Waals surface area contributed by atoms with E-state index in [1.165, 1.54) is 32.1 Å². The van der Waals surface area contributed by atoms with Gasteiger partial charge >= 0.3 is 0 Å². The van der Waals surface area contributed by atoms with Gasteiger partial charge in [-0.1, -0.05) is 0 Å². The molecule has 2 unspecified atom stereocenters. The highest BCUT2D eigenvalue weighted by molar-refractivity contribution is 14.0. The maximum atomic E-state index is 5.81. The summed E-state index contributed by atoms with van der Waals surface area (Å²) >= 11 is 0. The SMILES string of the molecule is I.c1coc(CCNC(=NCC2CCCCO2)NCCC2CCCCO2)c1. The first kappa shape index (κ1) is 22.5. The third-order valence-corrected chi connectivity index (χ3v) is 5.00. The summed E-state index contributed by atoms with van der Waals surface area (Å²) in [6.45, 7) is 4.17. The maximum Gasteiger partial charge on any atom is 0.191 e. The van der Waals surface area contributed by atoms with Crippen LogP contribution in [0.15, 0.2) is 27.8 Å². The van der Waals surface area contributed by atoms with Crippen LogP contribution in [0.3, 0.4) is 0 Å². The summed E-state index contributed by atoms with van der Waals surface area (Å²) in [5.41, 5.74) is 0. The molecule has 0 saturated carbocycles. The second-order valence-corrected chi connectivity index (χ2v) is 7.14. The fourth-order valence-corrected chi connectivity index (χ4v) is 3.46. The van der Waals surface area contributed by atoms with E-state index < -0.39 is 0 Å². The zero-order valence-corrected chi connectivity index (χ0v) is 18.5. The number of ether oxygens (including phenoxy) is 2. The van der Waals surface area contributed by atoms with Crippen LogP contribution in [0.2, 0.25) is 0 Å². The van der Waals surface area contributed by atoms with Gasteiger partial charge in [0.15, 0.2) is 5.96 Å². The highest BCUT2D eigenvalue weighted by Gasteiger charge is 2.15. The Balaban J connectivity index is 0.00000261. The fourth-order valence-electron chi connectivity index (χ4n) is 3.46. The van der Waals surface area contributed by atoms with E-state index in [1.807, 2.05) is 12.1 Å². The average Bonchev–Trinajstić information content (AvgIpc) is 3.21. The lowest BCUT2D eigenvalue weighted by atomic mass is 10.1. The van der Waals surface area contributed by atoms with Crippen molar-refractivity contribution in [2.24, 2.45) is 4.99 Å². The second-order valence-electron chi connectivity index (χ2n) is 7.14. The number of nitrogens with one attached hydrogen (secondary N) is 2. The van der Waals surface area contributed by atoms with E-state index in [2.05, 4.69) is 10.6 Å². The molecule has 2 aliphatic rings. The number of halogens is 1. The maximum absolute atomic E-state index is 5.81. The summed E-state index contributed by atoms with van der Waals surface area (Å²) < 4.78 is 17.0. The van der Waals surface area contributed by atoms with E-state index in [1.54, 1.807) is 6.26 Å². The van der Waals surface area contributed by atoms with Crippen molar-refractivity contribution in [2.45, 2.75) is 63.6 Å². The van der Waals surface area contributed by atoms with Gasteiger partial charge in [-0.2, -0.15) is 0 Å². The molecule has 3 heterocycles. The first-order valence-electron chi connectivity index (χ1n) is 10.2. The van der Waals surface area contributed by atoms with Gasteiger partial charge in [0.05, 0.1) is 25.0 Å². The lowest BCUT2D eigenvalue weighted by Crippen LogP contribution is -2.40. The van der Waals surface area contributed by atoms with Crippen molar-refractivity contribution in [3.63, 3.8) is 0 Å². The first-order chi connectivity index (χ1) is 12.9. The van der Waals surface area contributed by atoms with Crippen molar-refractivity contribution in [3.05, 3.63) is 24.2 Å². The molecule has 27 heavy (non-hydrogen) atoms. The van der Waals surface area contributed by atoms with Crippen LogP contribution in [0.4, 0.5) is 0 Å². The Hall–Kier alpha value is -0.800. The van der Waals surface area contributed by atoms with Crippen molar-refractivity contribution in [2.75, 3.05) is 32.8 Å². The van der Waals surface area contributed by atoms with Crippen LogP contribution in [0.1, 0.15) is 50.7 Å². The van der Waals surface area contributed by atoms with E-state index >= 15 is 0 Å². The summed E-state index contributed by atoms with van der Waals surface area (Å²) in [6.07, 6.45) is 11.4. The van der Waals surface area contributed by atoms with Crippen molar-refractivity contribution < 1.29 is 13.9 Å². The molecule has 1 aromatic heterocycles. The predicted molar refractivity (Wildman–Crippen MR) is 118 cm³/mol. The quantitative estimate of drug-likeness (QED) is 0.331. The first-order valence-corrected chi connectivity index (χ1v) is 10.2. The number of furan rings is 1. The number of rotatable bonds is 8. The number of hydrogen-bond donors (Lipinski definition) is 2. The minimum Gasteiger partial charge on any atom is -0.469 e. The molecule has 0 radical (unpaired) electrons. The van der Waals surface area contributed by atoms with Crippen molar-refractivity contribution in [1.82, 2.24) is 10.6 Å². The molecule has 1 aromatic rings. The van der Waals surface area contributed by atoms with E-state index in [9.17, 15) is 0 Å². The third kappa shape index (κ3) is 8.83. The molecule has 2 N–H and O–H groups in total. The van der Waals surface area contributed by atoms with Crippen LogP contribution in [-0.2, 0) is 15.9 Å². The zero-order chi connectivity index (χ0) is 17.9. The van der Waals surface area contributed by atoms with Crippen LogP contribution < -0.4 is 10.6 Å². The predicted octanol–water partition coefficient (Wildman–Crippen LogP) is 3.50. The molecule has 0 bridgehead atoms. The van der Waals surface area contributed by atoms with Crippen LogP contribution in [0.5, 0.6) is 0 Å². The van der Waals surface area contributed by atoms with Gasteiger partial charge in [-0.05, 0) is 57.1 Å². The van der Waals surface area contributed by atoms with Crippen molar-refractivity contribution in [3.8, 4) is 0 Å². The van der Waals surface area contributed by atoms with Gasteiger partial charge in [0, 0.05) is 32.7 Å². The summed E-state index contributed by atoms with van der Waals surface area (Å²) in [5, 5.41) is 6.88. The van der Waals surface area contributed by atoms with Gasteiger partial charge in [0.25, 0.3) is 0 Å². The Morgan fingerprint density at radius 1 is 1.00 bits per heavy atom. The van der Waals surface area contributed by atoms with Gasteiger partial charge in [-0.3, -0.25) is 4.99 Å². The number of hydrogen-bond acceptors (Lipinski definition) is 4. The number of nitrogens with zero attached hydrogens (tertiary/aromatic N) is 1. The van der Waals surface area contributed by atoms with Gasteiger partial charge in [-0.25, -0.2) is 0 Å². The molecule has 7 heteroatoms. The average molecular weight is 491 g/mol. The molecule has 2 saturated heterocycles. The van der Waals surface area contributed by atoms with Crippen LogP contribution in [-0.4, -0.2) is 51.0 Å². The molecule has 6 nitrogen and oxygen atoms in total. The summed E-state index contributed by atoms with van der Waals surface area (Å²) in [7, 11) is 0. The zero-order valence-electron chi connectivity index (χ0n) is 16.2. The van der Waals surface area contributed by atoms with Gasteiger partial charge in [0.2, 0.25) is 0 Å². The third-order valence-electron chi connectivity index (χ3n) is 5.00. The highest BCUT2D eigenvalue weighted by Crippen LogP contribution is 2.15. The van der Waals surface area contributed by atoms with Crippen molar-refractivity contribution in [1.29, 1.82) is 0 Å². The van der Waals surface area contributed by atoms with E-state index in [0.717, 1.165) is 63.8 Å². The monoisotopic (exact) mass is 491 g/mol. The summed E-state index contributed by atoms with van der Waals surface area (Å²) in [4.78, 5) is 4.75. The molecule has 3 rings (SSSR count). The lowest BCUT2D eigenvalue weighted by molar-refractivity contribution is 0.0121. The molecule has 0 spiro atoms. The fraction of sp³-hybridized carbons (Fsp3) is 0.750. The summed E-state index contributed by atoms with van der Waals surface area (Å²) in [5.74, 6) is 1.85. The largest absolute Gasteiger partial charge is 0.469 e. The Bertz CT molecular complexity index is 513. The Morgan fingerprint density at radius 3 is 2.41 bits per heavy atom.